The molecule has 2 heterocycles. The molecule has 0 radical (unpaired) electrons. The SMILES string of the molecule is Brc1cc(OCc2ccncc2)c(Br)s1. The van der Waals surface area contributed by atoms with Crippen molar-refractivity contribution in [2.24, 2.45) is 0 Å². The van der Waals surface area contributed by atoms with Gasteiger partial charge in [0.1, 0.15) is 16.1 Å². The smallest absolute Gasteiger partial charge is 0.146 e. The van der Waals surface area contributed by atoms with Gasteiger partial charge in [0.05, 0.1) is 3.79 Å². The molecule has 0 aliphatic rings. The molecular weight excluding hydrogens is 342 g/mol. The standard InChI is InChI=1S/C10H7Br2NOS/c11-9-5-8(10(12)15-9)14-6-7-1-3-13-4-2-7/h1-5H,6H2. The van der Waals surface area contributed by atoms with Gasteiger partial charge in [-0.25, -0.2) is 0 Å². The van der Waals surface area contributed by atoms with E-state index in [0.717, 1.165) is 18.9 Å². The molecule has 78 valence electrons. The van der Waals surface area contributed by atoms with Gasteiger partial charge in [-0.2, -0.15) is 0 Å². The van der Waals surface area contributed by atoms with Crippen LogP contribution in [0.3, 0.4) is 0 Å². The summed E-state index contributed by atoms with van der Waals surface area (Å²) >= 11 is 8.45. The van der Waals surface area contributed by atoms with E-state index in [0.29, 0.717) is 6.61 Å². The molecule has 0 fully saturated rings. The van der Waals surface area contributed by atoms with E-state index in [4.69, 9.17) is 4.74 Å². The highest BCUT2D eigenvalue weighted by molar-refractivity contribution is 9.12. The van der Waals surface area contributed by atoms with Crippen molar-refractivity contribution in [2.45, 2.75) is 6.61 Å². The molecule has 2 aromatic rings. The lowest BCUT2D eigenvalue weighted by Gasteiger charge is -2.03. The largest absolute Gasteiger partial charge is 0.487 e. The Kier molecular flexibility index (Phi) is 3.77. The second-order valence-electron chi connectivity index (χ2n) is 2.83. The van der Waals surface area contributed by atoms with Crippen LogP contribution >= 0.6 is 43.2 Å². The topological polar surface area (TPSA) is 22.1 Å². The number of ether oxygens (including phenoxy) is 1. The van der Waals surface area contributed by atoms with Crippen molar-refractivity contribution in [2.75, 3.05) is 0 Å². The maximum absolute atomic E-state index is 5.65. The van der Waals surface area contributed by atoms with E-state index < -0.39 is 0 Å². The maximum Gasteiger partial charge on any atom is 0.146 e. The molecule has 0 bridgehead atoms. The summed E-state index contributed by atoms with van der Waals surface area (Å²) in [7, 11) is 0. The molecule has 2 nitrogen and oxygen atoms in total. The Morgan fingerprint density at radius 2 is 2.00 bits per heavy atom. The van der Waals surface area contributed by atoms with E-state index in [1.165, 1.54) is 0 Å². The summed E-state index contributed by atoms with van der Waals surface area (Å²) in [4.78, 5) is 3.95. The molecule has 0 unspecified atom stereocenters. The third kappa shape index (κ3) is 3.03. The van der Waals surface area contributed by atoms with Crippen molar-refractivity contribution in [1.29, 1.82) is 0 Å². The summed E-state index contributed by atoms with van der Waals surface area (Å²) in [5.41, 5.74) is 1.11. The van der Waals surface area contributed by atoms with Gasteiger partial charge in [-0.3, -0.25) is 4.98 Å². The van der Waals surface area contributed by atoms with Crippen molar-refractivity contribution in [1.82, 2.24) is 4.98 Å². The van der Waals surface area contributed by atoms with Crippen molar-refractivity contribution < 1.29 is 4.74 Å². The second-order valence-corrected chi connectivity index (χ2v) is 6.58. The quantitative estimate of drug-likeness (QED) is 0.827. The molecule has 0 saturated heterocycles. The predicted octanol–water partition coefficient (Wildman–Crippen LogP) is 4.25. The molecule has 2 aromatic heterocycles. The van der Waals surface area contributed by atoms with E-state index in [9.17, 15) is 0 Å². The molecule has 0 atom stereocenters. The fourth-order valence-electron chi connectivity index (χ4n) is 1.06. The predicted molar refractivity (Wildman–Crippen MR) is 68.3 cm³/mol. The normalized spacial score (nSPS) is 10.3. The van der Waals surface area contributed by atoms with Gasteiger partial charge < -0.3 is 4.74 Å². The number of pyridine rings is 1. The Morgan fingerprint density at radius 3 is 2.60 bits per heavy atom. The first kappa shape index (κ1) is 11.1. The van der Waals surface area contributed by atoms with E-state index in [1.54, 1.807) is 23.7 Å². The maximum atomic E-state index is 5.65. The van der Waals surface area contributed by atoms with E-state index in [1.807, 2.05) is 18.2 Å². The summed E-state index contributed by atoms with van der Waals surface area (Å²) < 4.78 is 7.71. The van der Waals surface area contributed by atoms with Crippen LogP contribution in [0.15, 0.2) is 38.2 Å². The average Bonchev–Trinajstić information content (AvgIpc) is 2.56. The number of nitrogens with zero attached hydrogens (tertiary/aromatic N) is 1. The van der Waals surface area contributed by atoms with Crippen LogP contribution in [0.25, 0.3) is 0 Å². The van der Waals surface area contributed by atoms with Gasteiger partial charge in [0.25, 0.3) is 0 Å². The average molecular weight is 349 g/mol. The van der Waals surface area contributed by atoms with Gasteiger partial charge in [0.2, 0.25) is 0 Å². The highest BCUT2D eigenvalue weighted by Crippen LogP contribution is 2.37. The van der Waals surface area contributed by atoms with Crippen LogP contribution in [-0.2, 0) is 6.61 Å². The molecular formula is C10H7Br2NOS. The summed E-state index contributed by atoms with van der Waals surface area (Å²) in [6, 6.07) is 5.83. The lowest BCUT2D eigenvalue weighted by molar-refractivity contribution is 0.305. The first-order chi connectivity index (χ1) is 7.25. The summed E-state index contributed by atoms with van der Waals surface area (Å²) in [5, 5.41) is 0. The molecule has 0 aromatic carbocycles. The summed E-state index contributed by atoms with van der Waals surface area (Å²) in [6.45, 7) is 0.560. The fraction of sp³-hybridized carbons (Fsp3) is 0.100. The fourth-order valence-corrected chi connectivity index (χ4v) is 3.72. The molecule has 0 spiro atoms. The number of thiophene rings is 1. The lowest BCUT2D eigenvalue weighted by atomic mass is 10.3. The Bertz CT molecular complexity index is 444. The highest BCUT2D eigenvalue weighted by atomic mass is 79.9. The third-order valence-corrected chi connectivity index (χ3v) is 4.05. The first-order valence-corrected chi connectivity index (χ1v) is 6.62. The van der Waals surface area contributed by atoms with Crippen molar-refractivity contribution in [3.63, 3.8) is 0 Å². The van der Waals surface area contributed by atoms with Crippen LogP contribution in [0.4, 0.5) is 0 Å². The molecule has 15 heavy (non-hydrogen) atoms. The minimum atomic E-state index is 0.560. The van der Waals surface area contributed by atoms with Crippen molar-refractivity contribution in [3.05, 3.63) is 43.7 Å². The Hall–Kier alpha value is -0.390. The van der Waals surface area contributed by atoms with Gasteiger partial charge >= 0.3 is 0 Å². The first-order valence-electron chi connectivity index (χ1n) is 4.22. The number of halogens is 2. The van der Waals surface area contributed by atoms with E-state index in [-0.39, 0.29) is 0 Å². The lowest BCUT2D eigenvalue weighted by Crippen LogP contribution is -1.94. The van der Waals surface area contributed by atoms with Crippen LogP contribution < -0.4 is 4.74 Å². The van der Waals surface area contributed by atoms with Gasteiger partial charge in [0, 0.05) is 18.5 Å². The third-order valence-electron chi connectivity index (χ3n) is 1.77. The van der Waals surface area contributed by atoms with Crippen molar-refractivity contribution in [3.8, 4) is 5.75 Å². The molecule has 0 N–H and O–H groups in total. The van der Waals surface area contributed by atoms with Crippen LogP contribution in [0.5, 0.6) is 5.75 Å². The van der Waals surface area contributed by atoms with Crippen LogP contribution in [-0.4, -0.2) is 4.98 Å². The number of hydrogen-bond donors (Lipinski definition) is 0. The molecule has 0 saturated carbocycles. The Balaban J connectivity index is 2.02. The van der Waals surface area contributed by atoms with Crippen LogP contribution in [0.2, 0.25) is 0 Å². The van der Waals surface area contributed by atoms with E-state index in [2.05, 4.69) is 36.8 Å². The molecule has 0 aliphatic carbocycles. The number of aromatic nitrogens is 1. The molecule has 0 amide bonds. The molecule has 0 aliphatic heterocycles. The van der Waals surface area contributed by atoms with Crippen LogP contribution in [0.1, 0.15) is 5.56 Å². The monoisotopic (exact) mass is 347 g/mol. The number of hydrogen-bond acceptors (Lipinski definition) is 3. The van der Waals surface area contributed by atoms with Gasteiger partial charge in [0.15, 0.2) is 0 Å². The van der Waals surface area contributed by atoms with Crippen LogP contribution in [0, 0.1) is 0 Å². The van der Waals surface area contributed by atoms with Gasteiger partial charge in [-0.05, 0) is 49.6 Å². The van der Waals surface area contributed by atoms with Gasteiger partial charge in [-0.15, -0.1) is 11.3 Å². The number of rotatable bonds is 3. The minimum absolute atomic E-state index is 0.560. The Labute approximate surface area is 109 Å². The molecule has 5 heteroatoms. The minimum Gasteiger partial charge on any atom is -0.487 e. The molecule has 2 rings (SSSR count). The van der Waals surface area contributed by atoms with Gasteiger partial charge in [-0.1, -0.05) is 0 Å². The van der Waals surface area contributed by atoms with E-state index >= 15 is 0 Å². The zero-order valence-electron chi connectivity index (χ0n) is 7.61. The summed E-state index contributed by atoms with van der Waals surface area (Å²) in [6.07, 6.45) is 3.52. The Morgan fingerprint density at radius 1 is 1.27 bits per heavy atom. The van der Waals surface area contributed by atoms with Crippen molar-refractivity contribution >= 4 is 43.2 Å². The zero-order valence-corrected chi connectivity index (χ0v) is 11.6. The highest BCUT2D eigenvalue weighted by Gasteiger charge is 2.06. The summed E-state index contributed by atoms with van der Waals surface area (Å²) in [5.74, 6) is 0.865. The zero-order chi connectivity index (χ0) is 10.7. The second kappa shape index (κ2) is 5.09.